The van der Waals surface area contributed by atoms with Crippen LogP contribution in [-0.4, -0.2) is 29.4 Å². The number of rotatable bonds is 8. The van der Waals surface area contributed by atoms with Gasteiger partial charge in [0.15, 0.2) is 0 Å². The minimum absolute atomic E-state index is 0.00378. The molecule has 31 heavy (non-hydrogen) atoms. The van der Waals surface area contributed by atoms with Gasteiger partial charge in [-0.05, 0) is 74.0 Å². The van der Waals surface area contributed by atoms with Gasteiger partial charge in [0, 0.05) is 33.8 Å². The van der Waals surface area contributed by atoms with Crippen molar-refractivity contribution in [2.45, 2.75) is 51.5 Å². The molecule has 1 aliphatic heterocycles. The molecule has 0 spiro atoms. The number of carbonyl (C=O) groups excluding carboxylic acids is 1. The van der Waals surface area contributed by atoms with Crippen molar-refractivity contribution in [1.82, 2.24) is 5.32 Å². The van der Waals surface area contributed by atoms with Crippen LogP contribution in [0.3, 0.4) is 0 Å². The molecule has 0 bridgehead atoms. The zero-order valence-electron chi connectivity index (χ0n) is 17.9. The molecule has 0 saturated carbocycles. The fourth-order valence-electron chi connectivity index (χ4n) is 4.76. The van der Waals surface area contributed by atoms with Gasteiger partial charge in [0.2, 0.25) is 0 Å². The summed E-state index contributed by atoms with van der Waals surface area (Å²) in [5.41, 5.74) is 1.57. The highest BCUT2D eigenvalue weighted by atomic mass is 35.5. The van der Waals surface area contributed by atoms with Crippen LogP contribution in [0.15, 0.2) is 48.5 Å². The average molecular weight is 462 g/mol. The largest absolute Gasteiger partial charge is 0.481 e. The second-order valence-corrected chi connectivity index (χ2v) is 9.72. The number of benzene rings is 2. The van der Waals surface area contributed by atoms with Crippen molar-refractivity contribution in [3.63, 3.8) is 0 Å². The number of piperidine rings is 1. The topological polar surface area (TPSA) is 66.4 Å². The Bertz CT molecular complexity index is 931. The molecule has 2 aromatic carbocycles. The van der Waals surface area contributed by atoms with Crippen molar-refractivity contribution in [2.75, 3.05) is 6.54 Å². The summed E-state index contributed by atoms with van der Waals surface area (Å²) in [6.07, 6.45) is 2.25. The van der Waals surface area contributed by atoms with E-state index in [4.69, 9.17) is 23.2 Å². The van der Waals surface area contributed by atoms with Crippen LogP contribution in [0, 0.1) is 11.3 Å². The van der Waals surface area contributed by atoms with Crippen molar-refractivity contribution >= 4 is 35.0 Å². The SMILES string of the molecule is CC(=O)C(C)(CCc1ccc(Cl)cc1)C1NCC(CC(=O)O)CC1c1cccc(Cl)c1. The third-order valence-electron chi connectivity index (χ3n) is 6.69. The number of aliphatic carboxylic acids is 1. The minimum atomic E-state index is -0.799. The summed E-state index contributed by atoms with van der Waals surface area (Å²) in [7, 11) is 0. The molecule has 166 valence electrons. The quantitative estimate of drug-likeness (QED) is 0.524. The molecular weight excluding hydrogens is 433 g/mol. The number of halogens is 2. The number of carbonyl (C=O) groups is 2. The van der Waals surface area contributed by atoms with Gasteiger partial charge in [-0.3, -0.25) is 9.59 Å². The summed E-state index contributed by atoms with van der Waals surface area (Å²) in [4.78, 5) is 24.3. The predicted molar refractivity (Wildman–Crippen MR) is 125 cm³/mol. The molecule has 1 fully saturated rings. The van der Waals surface area contributed by atoms with Gasteiger partial charge in [-0.2, -0.15) is 0 Å². The van der Waals surface area contributed by atoms with Gasteiger partial charge in [0.05, 0.1) is 0 Å². The molecule has 2 N–H and O–H groups in total. The molecular formula is C25H29Cl2NO3. The maximum atomic E-state index is 13.0. The van der Waals surface area contributed by atoms with Crippen LogP contribution in [-0.2, 0) is 16.0 Å². The van der Waals surface area contributed by atoms with Crippen LogP contribution >= 0.6 is 23.2 Å². The van der Waals surface area contributed by atoms with Crippen LogP contribution in [0.4, 0.5) is 0 Å². The minimum Gasteiger partial charge on any atom is -0.481 e. The molecule has 4 unspecified atom stereocenters. The highest BCUT2D eigenvalue weighted by Gasteiger charge is 2.45. The highest BCUT2D eigenvalue weighted by Crippen LogP contribution is 2.43. The Kier molecular flexibility index (Phi) is 7.79. The Morgan fingerprint density at radius 2 is 1.84 bits per heavy atom. The van der Waals surface area contributed by atoms with Gasteiger partial charge in [-0.1, -0.05) is 54.4 Å². The number of aryl methyl sites for hydroxylation is 1. The monoisotopic (exact) mass is 461 g/mol. The summed E-state index contributed by atoms with van der Waals surface area (Å²) in [5, 5.41) is 14.2. The first-order valence-electron chi connectivity index (χ1n) is 10.6. The molecule has 1 heterocycles. The molecule has 0 aromatic heterocycles. The van der Waals surface area contributed by atoms with Crippen LogP contribution in [0.1, 0.15) is 50.2 Å². The molecule has 0 amide bonds. The zero-order valence-corrected chi connectivity index (χ0v) is 19.4. The Hall–Kier alpha value is -1.88. The first kappa shape index (κ1) is 23.8. The molecule has 1 aliphatic rings. The smallest absolute Gasteiger partial charge is 0.303 e. The lowest BCUT2D eigenvalue weighted by molar-refractivity contribution is -0.139. The van der Waals surface area contributed by atoms with E-state index in [0.29, 0.717) is 29.4 Å². The van der Waals surface area contributed by atoms with Gasteiger partial charge in [-0.25, -0.2) is 0 Å². The van der Waals surface area contributed by atoms with E-state index in [9.17, 15) is 14.7 Å². The second kappa shape index (κ2) is 10.2. The number of Topliss-reactive ketones (excluding diaryl/α,β-unsaturated/α-hetero) is 1. The van der Waals surface area contributed by atoms with Gasteiger partial charge >= 0.3 is 5.97 Å². The Morgan fingerprint density at radius 1 is 1.13 bits per heavy atom. The van der Waals surface area contributed by atoms with Gasteiger partial charge < -0.3 is 10.4 Å². The van der Waals surface area contributed by atoms with E-state index in [1.807, 2.05) is 55.5 Å². The summed E-state index contributed by atoms with van der Waals surface area (Å²) in [6, 6.07) is 15.3. The van der Waals surface area contributed by atoms with E-state index in [-0.39, 0.29) is 30.1 Å². The van der Waals surface area contributed by atoms with Gasteiger partial charge in [0.1, 0.15) is 5.78 Å². The standard InChI is InChI=1S/C25H29Cl2NO3/c1-16(29)25(2,11-10-17-6-8-20(26)9-7-17)24-22(19-4-3-5-21(27)14-19)12-18(15-28-24)13-23(30)31/h3-9,14,18,22,24,28H,10-13,15H2,1-2H3,(H,30,31). The van der Waals surface area contributed by atoms with E-state index in [1.165, 1.54) is 0 Å². The molecule has 2 aromatic rings. The summed E-state index contributed by atoms with van der Waals surface area (Å²) in [6.45, 7) is 4.26. The fourth-order valence-corrected chi connectivity index (χ4v) is 5.08. The van der Waals surface area contributed by atoms with E-state index in [1.54, 1.807) is 6.92 Å². The van der Waals surface area contributed by atoms with Crippen LogP contribution < -0.4 is 5.32 Å². The van der Waals surface area contributed by atoms with Crippen molar-refractivity contribution in [2.24, 2.45) is 11.3 Å². The Morgan fingerprint density at radius 3 is 2.45 bits per heavy atom. The zero-order chi connectivity index (χ0) is 22.6. The molecule has 0 aliphatic carbocycles. The normalized spacial score (nSPS) is 23.2. The molecule has 4 atom stereocenters. The van der Waals surface area contributed by atoms with Crippen LogP contribution in [0.5, 0.6) is 0 Å². The van der Waals surface area contributed by atoms with E-state index >= 15 is 0 Å². The third-order valence-corrected chi connectivity index (χ3v) is 7.18. The molecule has 6 heteroatoms. The van der Waals surface area contributed by atoms with Gasteiger partial charge in [0.25, 0.3) is 0 Å². The van der Waals surface area contributed by atoms with Crippen molar-refractivity contribution < 1.29 is 14.7 Å². The predicted octanol–water partition coefficient (Wildman–Crippen LogP) is 5.76. The van der Waals surface area contributed by atoms with E-state index in [0.717, 1.165) is 17.5 Å². The average Bonchev–Trinajstić information content (AvgIpc) is 2.72. The number of hydrogen-bond acceptors (Lipinski definition) is 3. The van der Waals surface area contributed by atoms with Crippen molar-refractivity contribution in [3.8, 4) is 0 Å². The lowest BCUT2D eigenvalue weighted by Crippen LogP contribution is -2.56. The van der Waals surface area contributed by atoms with Crippen molar-refractivity contribution in [3.05, 3.63) is 69.7 Å². The number of hydrogen-bond donors (Lipinski definition) is 2. The molecule has 0 radical (unpaired) electrons. The number of carboxylic acids is 1. The molecule has 4 nitrogen and oxygen atoms in total. The lowest BCUT2D eigenvalue weighted by atomic mass is 9.64. The number of ketones is 1. The van der Waals surface area contributed by atoms with E-state index in [2.05, 4.69) is 5.32 Å². The Labute approximate surface area is 194 Å². The third kappa shape index (κ3) is 5.88. The summed E-state index contributed by atoms with van der Waals surface area (Å²) < 4.78 is 0. The lowest BCUT2D eigenvalue weighted by Gasteiger charge is -2.46. The second-order valence-electron chi connectivity index (χ2n) is 8.85. The van der Waals surface area contributed by atoms with E-state index < -0.39 is 11.4 Å². The summed E-state index contributed by atoms with van der Waals surface area (Å²) >= 11 is 12.3. The molecule has 3 rings (SSSR count). The number of nitrogens with one attached hydrogen (secondary N) is 1. The van der Waals surface area contributed by atoms with Crippen molar-refractivity contribution in [1.29, 1.82) is 0 Å². The first-order chi connectivity index (χ1) is 14.7. The van der Waals surface area contributed by atoms with Gasteiger partial charge in [-0.15, -0.1) is 0 Å². The fraction of sp³-hybridized carbons (Fsp3) is 0.440. The van der Waals surface area contributed by atoms with Crippen LogP contribution in [0.25, 0.3) is 0 Å². The Balaban J connectivity index is 1.90. The highest BCUT2D eigenvalue weighted by molar-refractivity contribution is 6.30. The maximum absolute atomic E-state index is 13.0. The van der Waals surface area contributed by atoms with Crippen LogP contribution in [0.2, 0.25) is 10.0 Å². The summed E-state index contributed by atoms with van der Waals surface area (Å²) in [5.74, 6) is -0.670. The maximum Gasteiger partial charge on any atom is 0.303 e. The first-order valence-corrected chi connectivity index (χ1v) is 11.4. The number of carboxylic acid groups (broad SMARTS) is 1. The molecule has 1 saturated heterocycles.